The van der Waals surface area contributed by atoms with E-state index in [4.69, 9.17) is 37.0 Å². The number of ether oxygens (including phenoxy) is 4. The molecule has 0 radical (unpaired) electrons. The lowest BCUT2D eigenvalue weighted by Crippen LogP contribution is -2.30. The first-order chi connectivity index (χ1) is 50.3. The highest BCUT2D eigenvalue weighted by molar-refractivity contribution is 7.47. The van der Waals surface area contributed by atoms with Crippen LogP contribution in [0.25, 0.3) is 0 Å². The Morgan fingerprint density at radius 1 is 0.317 bits per heavy atom. The lowest BCUT2D eigenvalue weighted by Gasteiger charge is -2.21. The van der Waals surface area contributed by atoms with E-state index in [9.17, 15) is 43.2 Å². The van der Waals surface area contributed by atoms with Gasteiger partial charge in [0, 0.05) is 25.7 Å². The molecule has 0 saturated heterocycles. The fraction of sp³-hybridized carbons (Fsp3) is 0.906. The third-order valence-electron chi connectivity index (χ3n) is 19.6. The van der Waals surface area contributed by atoms with Crippen LogP contribution < -0.4 is 0 Å². The monoisotopic (exact) mass is 1520 g/mol. The predicted molar refractivity (Wildman–Crippen MR) is 427 cm³/mol. The maximum atomic E-state index is 13.1. The minimum absolute atomic E-state index is 0.0854. The van der Waals surface area contributed by atoms with Gasteiger partial charge in [-0.3, -0.25) is 37.3 Å². The van der Waals surface area contributed by atoms with Gasteiger partial charge in [0.1, 0.15) is 19.3 Å². The number of esters is 4. The molecule has 0 aliphatic rings. The van der Waals surface area contributed by atoms with Crippen molar-refractivity contribution in [2.45, 2.75) is 439 Å². The van der Waals surface area contributed by atoms with Crippen LogP contribution in [0, 0.1) is 17.8 Å². The highest BCUT2D eigenvalue weighted by Gasteiger charge is 2.30. The van der Waals surface area contributed by atoms with Gasteiger partial charge in [-0.1, -0.05) is 368 Å². The van der Waals surface area contributed by atoms with Crippen molar-refractivity contribution in [3.8, 4) is 0 Å². The second-order valence-corrected chi connectivity index (χ2v) is 34.0. The highest BCUT2D eigenvalue weighted by atomic mass is 31.2. The fourth-order valence-corrected chi connectivity index (χ4v) is 14.2. The van der Waals surface area contributed by atoms with Crippen LogP contribution in [0.15, 0.2) is 24.3 Å². The van der Waals surface area contributed by atoms with Crippen molar-refractivity contribution in [2.75, 3.05) is 39.6 Å². The molecule has 0 aliphatic carbocycles. The molecule has 0 rings (SSSR count). The lowest BCUT2D eigenvalue weighted by molar-refractivity contribution is -0.161. The molecule has 6 atom stereocenters. The molecular formula is C85H162O17P2. The molecule has 0 bridgehead atoms. The summed E-state index contributed by atoms with van der Waals surface area (Å²) < 4.78 is 68.8. The zero-order valence-corrected chi connectivity index (χ0v) is 69.8. The summed E-state index contributed by atoms with van der Waals surface area (Å²) in [6.45, 7) is 11.9. The van der Waals surface area contributed by atoms with Gasteiger partial charge in [0.05, 0.1) is 26.4 Å². The number of hydrogen-bond donors (Lipinski definition) is 3. The summed E-state index contributed by atoms with van der Waals surface area (Å²) in [6, 6.07) is 0. The van der Waals surface area contributed by atoms with E-state index in [0.717, 1.165) is 121 Å². The van der Waals surface area contributed by atoms with Crippen LogP contribution in [0.1, 0.15) is 421 Å². The molecule has 19 heteroatoms. The maximum Gasteiger partial charge on any atom is 0.472 e. The van der Waals surface area contributed by atoms with Crippen LogP contribution in [-0.4, -0.2) is 96.7 Å². The van der Waals surface area contributed by atoms with Crippen molar-refractivity contribution >= 4 is 39.5 Å². The van der Waals surface area contributed by atoms with Crippen molar-refractivity contribution in [1.29, 1.82) is 0 Å². The van der Waals surface area contributed by atoms with Gasteiger partial charge >= 0.3 is 39.5 Å². The zero-order chi connectivity index (χ0) is 76.5. The Hall–Kier alpha value is -2.46. The summed E-state index contributed by atoms with van der Waals surface area (Å²) in [5, 5.41) is 10.7. The highest BCUT2D eigenvalue weighted by Crippen LogP contribution is 2.45. The minimum atomic E-state index is -4.97. The molecule has 3 N–H and O–H groups in total. The Bertz CT molecular complexity index is 2110. The van der Waals surface area contributed by atoms with Crippen molar-refractivity contribution in [3.05, 3.63) is 24.3 Å². The molecule has 0 saturated carbocycles. The van der Waals surface area contributed by atoms with Crippen LogP contribution in [0.2, 0.25) is 0 Å². The number of hydrogen-bond acceptors (Lipinski definition) is 15. The average Bonchev–Trinajstić information content (AvgIpc) is 0.907. The Morgan fingerprint density at radius 2 is 0.567 bits per heavy atom. The molecule has 0 aliphatic heterocycles. The molecule has 0 spiro atoms. The Morgan fingerprint density at radius 3 is 0.856 bits per heavy atom. The number of carbonyl (C=O) groups excluding carboxylic acids is 4. The summed E-state index contributed by atoms with van der Waals surface area (Å²) in [4.78, 5) is 73.1. The SMILES string of the molecule is CCCCCC/C=C\C=C/CCCCCCCC(=O)O[C@H](COC(=O)CCCCCCCCCCCCCCCCCCCCC(C)CC)COP(=O)(O)OCC(O)COP(=O)(O)OC[C@@H](COC(=O)CCCCCCCCCC(C)C)OC(=O)CCCCCCCCCCCCCCCCC(C)C. The lowest BCUT2D eigenvalue weighted by atomic mass is 9.99. The quantitative estimate of drug-likeness (QED) is 0.0169. The topological polar surface area (TPSA) is 237 Å². The molecule has 0 aromatic carbocycles. The first-order valence-corrected chi connectivity index (χ1v) is 46.2. The molecule has 0 aromatic heterocycles. The molecule has 104 heavy (non-hydrogen) atoms. The number of phosphoric acid groups is 2. The van der Waals surface area contributed by atoms with Crippen LogP contribution >= 0.6 is 15.6 Å². The smallest absolute Gasteiger partial charge is 0.462 e. The number of phosphoric ester groups is 2. The van der Waals surface area contributed by atoms with E-state index >= 15 is 0 Å². The molecule has 0 heterocycles. The average molecular weight is 1520 g/mol. The van der Waals surface area contributed by atoms with Crippen LogP contribution in [0.5, 0.6) is 0 Å². The summed E-state index contributed by atoms with van der Waals surface area (Å²) in [7, 11) is -9.94. The second kappa shape index (κ2) is 74.6. The predicted octanol–water partition coefficient (Wildman–Crippen LogP) is 25.3. The molecule has 0 aromatic rings. The molecule has 0 fully saturated rings. The largest absolute Gasteiger partial charge is 0.472 e. The van der Waals surface area contributed by atoms with Gasteiger partial charge in [0.25, 0.3) is 0 Å². The minimum Gasteiger partial charge on any atom is -0.462 e. The Balaban J connectivity index is 5.23. The van der Waals surface area contributed by atoms with Gasteiger partial charge in [-0.15, -0.1) is 0 Å². The molecule has 614 valence electrons. The molecule has 17 nitrogen and oxygen atoms in total. The number of rotatable bonds is 81. The van der Waals surface area contributed by atoms with Gasteiger partial charge in [0.15, 0.2) is 12.2 Å². The van der Waals surface area contributed by atoms with Crippen LogP contribution in [-0.2, 0) is 65.4 Å². The van der Waals surface area contributed by atoms with E-state index in [1.165, 1.54) is 212 Å². The first-order valence-electron chi connectivity index (χ1n) is 43.2. The van der Waals surface area contributed by atoms with Crippen molar-refractivity contribution < 1.29 is 80.2 Å². The number of aliphatic hydroxyl groups is 1. The summed E-state index contributed by atoms with van der Waals surface area (Å²) in [5.74, 6) is 0.231. The standard InChI is InChI=1S/C85H162O17P2/c1-8-10-11-12-13-14-15-16-21-29-34-39-46-54-61-68-84(89)101-80(72-95-82(87)66-59-52-45-38-33-28-23-20-18-17-19-22-27-32-37-44-51-58-65-78(7)9-2)74-99-103(91,92)97-70-79(86)71-98-104(93,94)100-75-81(73-96-83(88)67-60-53-48-41-43-50-57-64-77(5)6)102-85(90)69-62-55-47-40-35-30-25-24-26-31-36-42-49-56-63-76(3)4/h14-16,21,76-81,86H,8-13,17-20,22-75H2,1-7H3,(H,91,92)(H,93,94)/b15-14-,21-16-/t78?,79?,80-,81-/m1/s1. The van der Waals surface area contributed by atoms with Gasteiger partial charge < -0.3 is 33.8 Å². The summed E-state index contributed by atoms with van der Waals surface area (Å²) >= 11 is 0. The van der Waals surface area contributed by atoms with Crippen LogP contribution in [0.3, 0.4) is 0 Å². The van der Waals surface area contributed by atoms with E-state index in [2.05, 4.69) is 72.8 Å². The maximum absolute atomic E-state index is 13.1. The van der Waals surface area contributed by atoms with Crippen molar-refractivity contribution in [1.82, 2.24) is 0 Å². The Kier molecular flexibility index (Phi) is 72.9. The number of carbonyl (C=O) groups is 4. The van der Waals surface area contributed by atoms with E-state index in [1.807, 2.05) is 0 Å². The van der Waals surface area contributed by atoms with Gasteiger partial charge in [-0.2, -0.15) is 0 Å². The summed E-state index contributed by atoms with van der Waals surface area (Å²) in [5.41, 5.74) is 0. The zero-order valence-electron chi connectivity index (χ0n) is 68.0. The number of allylic oxidation sites excluding steroid dienone is 4. The third kappa shape index (κ3) is 76.3. The van der Waals surface area contributed by atoms with Crippen LogP contribution in [0.4, 0.5) is 0 Å². The molecular weight excluding hydrogens is 1350 g/mol. The first kappa shape index (κ1) is 102. The number of unbranched alkanes of at least 4 members (excludes halogenated alkanes) is 45. The third-order valence-corrected chi connectivity index (χ3v) is 21.5. The Labute approximate surface area is 637 Å². The molecule has 0 amide bonds. The van der Waals surface area contributed by atoms with Crippen molar-refractivity contribution in [2.24, 2.45) is 17.8 Å². The normalized spacial score (nSPS) is 14.3. The fourth-order valence-electron chi connectivity index (χ4n) is 12.6. The van der Waals surface area contributed by atoms with Gasteiger partial charge in [0.2, 0.25) is 0 Å². The van der Waals surface area contributed by atoms with E-state index in [0.29, 0.717) is 31.6 Å². The van der Waals surface area contributed by atoms with Gasteiger partial charge in [-0.05, 0) is 69.1 Å². The number of aliphatic hydroxyl groups excluding tert-OH is 1. The van der Waals surface area contributed by atoms with Gasteiger partial charge in [-0.25, -0.2) is 9.13 Å². The van der Waals surface area contributed by atoms with E-state index < -0.39 is 97.5 Å². The molecule has 4 unspecified atom stereocenters. The van der Waals surface area contributed by atoms with E-state index in [-0.39, 0.29) is 25.7 Å². The van der Waals surface area contributed by atoms with Crippen molar-refractivity contribution in [3.63, 3.8) is 0 Å². The second-order valence-electron chi connectivity index (χ2n) is 31.1. The van der Waals surface area contributed by atoms with E-state index in [1.54, 1.807) is 0 Å². The summed E-state index contributed by atoms with van der Waals surface area (Å²) in [6.07, 6.45) is 67.5.